The van der Waals surface area contributed by atoms with E-state index in [1.807, 2.05) is 6.92 Å². The molecule has 3 aromatic rings. The number of carbonyl (C=O) groups excluding carboxylic acids is 1. The Bertz CT molecular complexity index is 1130. The van der Waals surface area contributed by atoms with Crippen LogP contribution in [-0.4, -0.2) is 15.5 Å². The molecule has 0 saturated carbocycles. The number of halogens is 2. The van der Waals surface area contributed by atoms with Crippen LogP contribution in [0.25, 0.3) is 21.3 Å². The molecule has 1 amide bonds. The van der Waals surface area contributed by atoms with Gasteiger partial charge >= 0.3 is 5.69 Å². The highest BCUT2D eigenvalue weighted by Gasteiger charge is 2.22. The van der Waals surface area contributed by atoms with Crippen molar-refractivity contribution in [2.45, 2.75) is 19.9 Å². The molecule has 130 valence electrons. The molecule has 9 heteroatoms. The van der Waals surface area contributed by atoms with E-state index >= 15 is 0 Å². The maximum Gasteiger partial charge on any atom is 0.330 e. The number of nitrogens with zero attached hydrogens (tertiary/aromatic N) is 1. The van der Waals surface area contributed by atoms with Crippen LogP contribution >= 0.6 is 34.5 Å². The van der Waals surface area contributed by atoms with Crippen LogP contribution in [0.2, 0.25) is 10.0 Å². The van der Waals surface area contributed by atoms with Gasteiger partial charge in [0.1, 0.15) is 10.9 Å². The third-order valence-corrected chi connectivity index (χ3v) is 5.72. The number of primary amides is 1. The summed E-state index contributed by atoms with van der Waals surface area (Å²) in [6, 6.07) is 3.97. The largest absolute Gasteiger partial charge is 0.368 e. The van der Waals surface area contributed by atoms with Gasteiger partial charge in [0.2, 0.25) is 5.91 Å². The first-order chi connectivity index (χ1) is 11.7. The van der Waals surface area contributed by atoms with Gasteiger partial charge in [0.05, 0.1) is 15.4 Å². The monoisotopic (exact) mass is 397 g/mol. The minimum absolute atomic E-state index is 0.314. The van der Waals surface area contributed by atoms with Crippen molar-refractivity contribution in [1.29, 1.82) is 0 Å². The summed E-state index contributed by atoms with van der Waals surface area (Å²) >= 11 is 13.3. The molecule has 0 aliphatic heterocycles. The Kier molecular flexibility index (Phi) is 4.49. The molecule has 0 spiro atoms. The topological polar surface area (TPSA) is 97.9 Å². The predicted octanol–water partition coefficient (Wildman–Crippen LogP) is 3.08. The summed E-state index contributed by atoms with van der Waals surface area (Å²) in [5.74, 6) is -0.769. The molecular weight excluding hydrogens is 385 g/mol. The van der Waals surface area contributed by atoms with Gasteiger partial charge in [0, 0.05) is 10.4 Å². The first-order valence-corrected chi connectivity index (χ1v) is 8.82. The van der Waals surface area contributed by atoms with Crippen LogP contribution in [0.3, 0.4) is 0 Å². The van der Waals surface area contributed by atoms with E-state index in [1.54, 1.807) is 18.2 Å². The molecule has 1 unspecified atom stereocenters. The van der Waals surface area contributed by atoms with Gasteiger partial charge in [-0.25, -0.2) is 9.36 Å². The van der Waals surface area contributed by atoms with E-state index < -0.39 is 23.2 Å². The molecule has 1 aromatic carbocycles. The zero-order valence-electron chi connectivity index (χ0n) is 13.2. The zero-order chi connectivity index (χ0) is 18.5. The average Bonchev–Trinajstić information content (AvgIpc) is 2.86. The number of thiophene rings is 1. The highest BCUT2D eigenvalue weighted by atomic mass is 35.5. The second kappa shape index (κ2) is 6.33. The van der Waals surface area contributed by atoms with Crippen LogP contribution in [0, 0.1) is 6.92 Å². The fraction of sp³-hybridized carbons (Fsp3) is 0.188. The Balaban J connectivity index is 2.41. The van der Waals surface area contributed by atoms with Gasteiger partial charge in [-0.1, -0.05) is 29.3 Å². The molecule has 3 rings (SSSR count). The van der Waals surface area contributed by atoms with Crippen LogP contribution in [0.15, 0.2) is 27.8 Å². The maximum atomic E-state index is 12.9. The fourth-order valence-electron chi connectivity index (χ4n) is 2.69. The molecular formula is C16H13Cl2N3O3S. The third kappa shape index (κ3) is 2.88. The molecule has 25 heavy (non-hydrogen) atoms. The number of nitrogens with one attached hydrogen (secondary N) is 1. The second-order valence-corrected chi connectivity index (χ2v) is 7.59. The van der Waals surface area contributed by atoms with Gasteiger partial charge in [0.15, 0.2) is 0 Å². The number of aromatic nitrogens is 2. The van der Waals surface area contributed by atoms with Crippen molar-refractivity contribution in [2.24, 2.45) is 5.73 Å². The summed E-state index contributed by atoms with van der Waals surface area (Å²) in [6.07, 6.45) is 0. The van der Waals surface area contributed by atoms with Crippen molar-refractivity contribution in [3.05, 3.63) is 54.0 Å². The molecule has 6 nitrogen and oxygen atoms in total. The molecule has 0 saturated heterocycles. The molecule has 0 aliphatic rings. The van der Waals surface area contributed by atoms with E-state index in [0.717, 1.165) is 9.44 Å². The molecule has 2 heterocycles. The standard InChI is InChI=1S/C16H13Cl2N3O3S/c1-6(13(19)22)21-15(23)12-11(7(2)25-14(12)20-16(21)24)8-3-4-9(17)10(18)5-8/h3-6H,1-2H3,(H2,19,22)(H,20,24). The first-order valence-electron chi connectivity index (χ1n) is 7.25. The number of aromatic amines is 1. The van der Waals surface area contributed by atoms with Crippen molar-refractivity contribution in [2.75, 3.05) is 0 Å². The summed E-state index contributed by atoms with van der Waals surface area (Å²) < 4.78 is 0.831. The molecule has 0 fully saturated rings. The summed E-state index contributed by atoms with van der Waals surface area (Å²) in [4.78, 5) is 40.5. The van der Waals surface area contributed by atoms with Crippen molar-refractivity contribution in [3.8, 4) is 11.1 Å². The minimum atomic E-state index is -1.07. The van der Waals surface area contributed by atoms with E-state index in [0.29, 0.717) is 31.4 Å². The number of fused-ring (bicyclic) bond motifs is 1. The predicted molar refractivity (Wildman–Crippen MR) is 101 cm³/mol. The van der Waals surface area contributed by atoms with Gasteiger partial charge in [0.25, 0.3) is 5.56 Å². The Morgan fingerprint density at radius 3 is 2.56 bits per heavy atom. The lowest BCUT2D eigenvalue weighted by Gasteiger charge is -2.11. The number of hydrogen-bond donors (Lipinski definition) is 2. The number of benzene rings is 1. The number of carbonyl (C=O) groups is 1. The van der Waals surface area contributed by atoms with E-state index in [1.165, 1.54) is 18.3 Å². The molecule has 3 N–H and O–H groups in total. The smallest absolute Gasteiger partial charge is 0.330 e. The van der Waals surface area contributed by atoms with Crippen LogP contribution in [0.4, 0.5) is 0 Å². The van der Waals surface area contributed by atoms with E-state index in [2.05, 4.69) is 4.98 Å². The third-order valence-electron chi connectivity index (χ3n) is 3.96. The number of rotatable bonds is 3. The number of aryl methyl sites for hydroxylation is 1. The average molecular weight is 398 g/mol. The van der Waals surface area contributed by atoms with Gasteiger partial charge in [-0.05, 0) is 31.5 Å². The summed E-state index contributed by atoms with van der Waals surface area (Å²) in [5, 5.41) is 1.07. The van der Waals surface area contributed by atoms with E-state index in [9.17, 15) is 14.4 Å². The van der Waals surface area contributed by atoms with Crippen LogP contribution in [0.1, 0.15) is 17.8 Å². The normalized spacial score (nSPS) is 12.5. The van der Waals surface area contributed by atoms with Crippen molar-refractivity contribution in [3.63, 3.8) is 0 Å². The minimum Gasteiger partial charge on any atom is -0.368 e. The second-order valence-electron chi connectivity index (χ2n) is 5.55. The summed E-state index contributed by atoms with van der Waals surface area (Å²) in [6.45, 7) is 3.24. The Morgan fingerprint density at radius 2 is 1.96 bits per heavy atom. The lowest BCUT2D eigenvalue weighted by molar-refractivity contribution is -0.120. The van der Waals surface area contributed by atoms with Crippen LogP contribution in [0.5, 0.6) is 0 Å². The van der Waals surface area contributed by atoms with Gasteiger partial charge in [-0.2, -0.15) is 0 Å². The Morgan fingerprint density at radius 1 is 1.28 bits per heavy atom. The zero-order valence-corrected chi connectivity index (χ0v) is 15.6. The quantitative estimate of drug-likeness (QED) is 0.710. The highest BCUT2D eigenvalue weighted by Crippen LogP contribution is 2.37. The van der Waals surface area contributed by atoms with E-state index in [-0.39, 0.29) is 0 Å². The summed E-state index contributed by atoms with van der Waals surface area (Å²) in [7, 11) is 0. The van der Waals surface area contributed by atoms with Gasteiger partial charge in [-0.15, -0.1) is 11.3 Å². The van der Waals surface area contributed by atoms with Crippen LogP contribution < -0.4 is 17.0 Å². The highest BCUT2D eigenvalue weighted by molar-refractivity contribution is 7.19. The SMILES string of the molecule is Cc1sc2[nH]c(=O)n(C(C)C(N)=O)c(=O)c2c1-c1ccc(Cl)c(Cl)c1. The van der Waals surface area contributed by atoms with Crippen molar-refractivity contribution < 1.29 is 4.79 Å². The number of hydrogen-bond acceptors (Lipinski definition) is 4. The van der Waals surface area contributed by atoms with Gasteiger partial charge < -0.3 is 5.73 Å². The van der Waals surface area contributed by atoms with Gasteiger partial charge in [-0.3, -0.25) is 14.6 Å². The van der Waals surface area contributed by atoms with E-state index in [4.69, 9.17) is 28.9 Å². The Labute approximate surface area is 155 Å². The Hall–Kier alpha value is -2.09. The molecule has 0 aliphatic carbocycles. The molecule has 0 bridgehead atoms. The summed E-state index contributed by atoms with van der Waals surface area (Å²) in [5.41, 5.74) is 5.35. The van der Waals surface area contributed by atoms with Crippen molar-refractivity contribution >= 4 is 50.7 Å². The number of H-pyrrole nitrogens is 1. The first kappa shape index (κ1) is 17.7. The van der Waals surface area contributed by atoms with Crippen molar-refractivity contribution in [1.82, 2.24) is 9.55 Å². The molecule has 2 aromatic heterocycles. The molecule has 0 radical (unpaired) electrons. The number of amides is 1. The maximum absolute atomic E-state index is 12.9. The number of nitrogens with two attached hydrogens (primary N) is 1. The lowest BCUT2D eigenvalue weighted by atomic mass is 10.0. The fourth-order valence-corrected chi connectivity index (χ4v) is 4.04. The molecule has 1 atom stereocenters. The van der Waals surface area contributed by atoms with Crippen LogP contribution in [-0.2, 0) is 4.79 Å². The lowest BCUT2D eigenvalue weighted by Crippen LogP contribution is -2.41.